The van der Waals surface area contributed by atoms with Gasteiger partial charge in [0.25, 0.3) is 0 Å². The van der Waals surface area contributed by atoms with Crippen molar-refractivity contribution in [3.63, 3.8) is 0 Å². The van der Waals surface area contributed by atoms with E-state index in [1.807, 2.05) is 0 Å². The summed E-state index contributed by atoms with van der Waals surface area (Å²) in [6.07, 6.45) is 79.8. The summed E-state index contributed by atoms with van der Waals surface area (Å²) in [5.41, 5.74) is 0. The molecule has 0 fully saturated rings. The highest BCUT2D eigenvalue weighted by atomic mass is 16.6. The molecule has 0 aliphatic heterocycles. The molecule has 0 N–H and O–H groups in total. The molecule has 0 aromatic heterocycles. The first kappa shape index (κ1) is 72.4. The van der Waals surface area contributed by atoms with Gasteiger partial charge in [-0.1, -0.05) is 301 Å². The van der Waals surface area contributed by atoms with E-state index in [2.05, 4.69) is 69.4 Å². The van der Waals surface area contributed by atoms with Gasteiger partial charge in [0.15, 0.2) is 6.10 Å². The summed E-state index contributed by atoms with van der Waals surface area (Å²) in [5.74, 6) is -0.860. The molecule has 0 aliphatic carbocycles. The Morgan fingerprint density at radius 3 is 0.760 bits per heavy atom. The summed E-state index contributed by atoms with van der Waals surface area (Å²) >= 11 is 0. The standard InChI is InChI=1S/C69H126O6/c1-4-7-10-13-16-19-22-24-26-28-30-32-34-36-38-40-42-44-47-50-53-56-59-62-68(71)74-65-66(64-73-67(70)61-58-55-52-49-46-21-18-15-12-9-6-3)75-69(72)63-60-57-54-51-48-45-43-41-39-37-35-33-31-29-27-25-23-20-17-14-11-8-5-2/h22,24,28-31,34,36,66H,4-21,23,25-27,32-33,35,37-65H2,1-3H3/b24-22-,30-28-,31-29-,36-34-. The van der Waals surface area contributed by atoms with E-state index < -0.39 is 6.10 Å². The predicted molar refractivity (Wildman–Crippen MR) is 325 cm³/mol. The second-order valence-corrected chi connectivity index (χ2v) is 22.4. The molecule has 0 radical (unpaired) electrons. The summed E-state index contributed by atoms with van der Waals surface area (Å²) in [5, 5.41) is 0. The predicted octanol–water partition coefficient (Wildman–Crippen LogP) is 22.6. The maximum Gasteiger partial charge on any atom is 0.306 e. The van der Waals surface area contributed by atoms with Crippen molar-refractivity contribution in [3.05, 3.63) is 48.6 Å². The van der Waals surface area contributed by atoms with Crippen LogP contribution < -0.4 is 0 Å². The molecule has 1 unspecified atom stereocenters. The van der Waals surface area contributed by atoms with Crippen LogP contribution in [-0.4, -0.2) is 37.2 Å². The average molecular weight is 1050 g/mol. The van der Waals surface area contributed by atoms with E-state index in [0.29, 0.717) is 19.3 Å². The number of carbonyl (C=O) groups is 3. The van der Waals surface area contributed by atoms with Crippen molar-refractivity contribution < 1.29 is 28.6 Å². The summed E-state index contributed by atoms with van der Waals surface area (Å²) in [6, 6.07) is 0. The molecule has 438 valence electrons. The fourth-order valence-electron chi connectivity index (χ4n) is 9.80. The van der Waals surface area contributed by atoms with Gasteiger partial charge in [0.1, 0.15) is 13.2 Å². The minimum absolute atomic E-state index is 0.0720. The summed E-state index contributed by atoms with van der Waals surface area (Å²) in [6.45, 7) is 6.67. The molecule has 6 nitrogen and oxygen atoms in total. The van der Waals surface area contributed by atoms with Crippen LogP contribution in [-0.2, 0) is 28.6 Å². The van der Waals surface area contributed by atoms with Crippen LogP contribution in [0.5, 0.6) is 0 Å². The molecular formula is C69H126O6. The van der Waals surface area contributed by atoms with Crippen molar-refractivity contribution in [1.29, 1.82) is 0 Å². The zero-order valence-electron chi connectivity index (χ0n) is 50.3. The molecule has 75 heavy (non-hydrogen) atoms. The van der Waals surface area contributed by atoms with Gasteiger partial charge in [-0.3, -0.25) is 14.4 Å². The molecular weight excluding hydrogens is 925 g/mol. The Morgan fingerprint density at radius 1 is 0.267 bits per heavy atom. The highest BCUT2D eigenvalue weighted by molar-refractivity contribution is 5.71. The lowest BCUT2D eigenvalue weighted by Gasteiger charge is -2.18. The Labute approximate surface area is 467 Å². The monoisotopic (exact) mass is 1050 g/mol. The number of hydrogen-bond donors (Lipinski definition) is 0. The fraction of sp³-hybridized carbons (Fsp3) is 0.841. The van der Waals surface area contributed by atoms with Crippen molar-refractivity contribution >= 4 is 17.9 Å². The maximum absolute atomic E-state index is 12.9. The zero-order valence-corrected chi connectivity index (χ0v) is 50.3. The van der Waals surface area contributed by atoms with Crippen LogP contribution in [0.2, 0.25) is 0 Å². The molecule has 0 aromatic carbocycles. The third-order valence-corrected chi connectivity index (χ3v) is 14.8. The molecule has 0 bridgehead atoms. The number of carbonyl (C=O) groups excluding carboxylic acids is 3. The number of hydrogen-bond acceptors (Lipinski definition) is 6. The lowest BCUT2D eigenvalue weighted by Crippen LogP contribution is -2.30. The van der Waals surface area contributed by atoms with Crippen molar-refractivity contribution in [2.45, 2.75) is 361 Å². The number of allylic oxidation sites excluding steroid dienone is 8. The van der Waals surface area contributed by atoms with Crippen molar-refractivity contribution in [2.24, 2.45) is 0 Å². The molecule has 1 atom stereocenters. The Balaban J connectivity index is 4.26. The van der Waals surface area contributed by atoms with E-state index in [0.717, 1.165) is 77.0 Å². The molecule has 6 heteroatoms. The number of ether oxygens (including phenoxy) is 3. The van der Waals surface area contributed by atoms with Gasteiger partial charge in [-0.25, -0.2) is 0 Å². The highest BCUT2D eigenvalue weighted by Gasteiger charge is 2.19. The van der Waals surface area contributed by atoms with E-state index in [-0.39, 0.29) is 31.1 Å². The normalized spacial score (nSPS) is 12.3. The second-order valence-electron chi connectivity index (χ2n) is 22.4. The molecule has 0 saturated heterocycles. The Morgan fingerprint density at radius 2 is 0.480 bits per heavy atom. The maximum atomic E-state index is 12.9. The zero-order chi connectivity index (χ0) is 54.3. The molecule has 0 saturated carbocycles. The van der Waals surface area contributed by atoms with Gasteiger partial charge in [0, 0.05) is 19.3 Å². The fourth-order valence-corrected chi connectivity index (χ4v) is 9.80. The van der Waals surface area contributed by atoms with E-state index >= 15 is 0 Å². The number of rotatable bonds is 61. The Kier molecular flexibility index (Phi) is 61.7. The van der Waals surface area contributed by atoms with Crippen LogP contribution in [0.1, 0.15) is 355 Å². The Bertz CT molecular complexity index is 1300. The SMILES string of the molecule is CCCCCCC/C=C\C/C=C\C/C=C\CCCCCCCCCCC(=O)OCC(COC(=O)CCCCCCCCCCCCC)OC(=O)CCCCCCCCCCCCC/C=C\CCCCCCCCCC. The second kappa shape index (κ2) is 63.9. The molecule has 0 aliphatic rings. The first-order valence-corrected chi connectivity index (χ1v) is 33.1. The summed E-state index contributed by atoms with van der Waals surface area (Å²) < 4.78 is 16.9. The molecule has 0 heterocycles. The molecule has 0 spiro atoms. The van der Waals surface area contributed by atoms with Gasteiger partial charge >= 0.3 is 17.9 Å². The topological polar surface area (TPSA) is 78.9 Å². The molecule has 0 amide bonds. The first-order valence-electron chi connectivity index (χ1n) is 33.1. The first-order chi connectivity index (χ1) is 37.0. The third-order valence-electron chi connectivity index (χ3n) is 14.8. The van der Waals surface area contributed by atoms with Gasteiger partial charge in [0.05, 0.1) is 0 Å². The van der Waals surface area contributed by atoms with Crippen molar-refractivity contribution in [3.8, 4) is 0 Å². The van der Waals surface area contributed by atoms with Gasteiger partial charge in [0.2, 0.25) is 0 Å². The van der Waals surface area contributed by atoms with Gasteiger partial charge in [-0.2, -0.15) is 0 Å². The largest absolute Gasteiger partial charge is 0.462 e. The van der Waals surface area contributed by atoms with E-state index in [4.69, 9.17) is 14.2 Å². The van der Waals surface area contributed by atoms with Gasteiger partial charge in [-0.05, 0) is 83.5 Å². The summed E-state index contributed by atoms with van der Waals surface area (Å²) in [4.78, 5) is 38.3. The minimum Gasteiger partial charge on any atom is -0.462 e. The molecule has 0 aromatic rings. The van der Waals surface area contributed by atoms with Crippen LogP contribution in [0, 0.1) is 0 Å². The third kappa shape index (κ3) is 62.1. The number of esters is 3. The van der Waals surface area contributed by atoms with Crippen LogP contribution in [0.25, 0.3) is 0 Å². The minimum atomic E-state index is -0.775. The van der Waals surface area contributed by atoms with Gasteiger partial charge < -0.3 is 14.2 Å². The van der Waals surface area contributed by atoms with E-state index in [9.17, 15) is 14.4 Å². The van der Waals surface area contributed by atoms with Crippen molar-refractivity contribution in [1.82, 2.24) is 0 Å². The van der Waals surface area contributed by atoms with Crippen LogP contribution in [0.15, 0.2) is 48.6 Å². The van der Waals surface area contributed by atoms with E-state index in [1.54, 1.807) is 0 Å². The quantitative estimate of drug-likeness (QED) is 0.0261. The lowest BCUT2D eigenvalue weighted by molar-refractivity contribution is -0.167. The summed E-state index contributed by atoms with van der Waals surface area (Å²) in [7, 11) is 0. The number of unbranched alkanes of at least 4 members (excludes halogenated alkanes) is 42. The van der Waals surface area contributed by atoms with Gasteiger partial charge in [-0.15, -0.1) is 0 Å². The average Bonchev–Trinajstić information content (AvgIpc) is 3.41. The van der Waals surface area contributed by atoms with E-state index in [1.165, 1.54) is 238 Å². The highest BCUT2D eigenvalue weighted by Crippen LogP contribution is 2.17. The smallest absolute Gasteiger partial charge is 0.306 e. The van der Waals surface area contributed by atoms with Crippen molar-refractivity contribution in [2.75, 3.05) is 13.2 Å². The van der Waals surface area contributed by atoms with Crippen LogP contribution in [0.3, 0.4) is 0 Å². The molecule has 0 rings (SSSR count). The lowest BCUT2D eigenvalue weighted by atomic mass is 10.0. The van der Waals surface area contributed by atoms with Crippen LogP contribution in [0.4, 0.5) is 0 Å². The Hall–Kier alpha value is -2.63. The van der Waals surface area contributed by atoms with Crippen LogP contribution >= 0.6 is 0 Å².